The van der Waals surface area contributed by atoms with Crippen LogP contribution in [-0.2, 0) is 16.4 Å². The highest BCUT2D eigenvalue weighted by molar-refractivity contribution is 7.99. The molecule has 0 saturated heterocycles. The molecule has 0 fully saturated rings. The van der Waals surface area contributed by atoms with E-state index in [-0.39, 0.29) is 4.90 Å². The molecule has 0 aliphatic heterocycles. The van der Waals surface area contributed by atoms with Gasteiger partial charge in [-0.15, -0.1) is 10.2 Å². The lowest BCUT2D eigenvalue weighted by molar-refractivity contribution is 0.445. The summed E-state index contributed by atoms with van der Waals surface area (Å²) in [6, 6.07) is 11.9. The second-order valence-electron chi connectivity index (χ2n) is 6.86. The van der Waals surface area contributed by atoms with Crippen LogP contribution in [0, 0.1) is 0 Å². The molecule has 1 aliphatic carbocycles. The molecule has 148 valence electrons. The summed E-state index contributed by atoms with van der Waals surface area (Å²) in [6.07, 6.45) is 4.99. The molecule has 8 heteroatoms. The average Bonchev–Trinajstić information content (AvgIpc) is 3.11. The van der Waals surface area contributed by atoms with Gasteiger partial charge in [-0.2, -0.15) is 4.31 Å². The largest absolute Gasteiger partial charge is 0.276 e. The van der Waals surface area contributed by atoms with E-state index in [1.807, 2.05) is 13.8 Å². The van der Waals surface area contributed by atoms with E-state index in [4.69, 9.17) is 0 Å². The van der Waals surface area contributed by atoms with Gasteiger partial charge in [-0.25, -0.2) is 8.42 Å². The summed E-state index contributed by atoms with van der Waals surface area (Å²) in [4.78, 5) is 0.273. The number of pyridine rings is 1. The Hall–Kier alpha value is -1.90. The van der Waals surface area contributed by atoms with Gasteiger partial charge in [0.15, 0.2) is 10.8 Å². The fourth-order valence-corrected chi connectivity index (χ4v) is 6.46. The van der Waals surface area contributed by atoms with Crippen LogP contribution in [0.2, 0.25) is 0 Å². The molecule has 28 heavy (non-hydrogen) atoms. The zero-order valence-electron chi connectivity index (χ0n) is 16.1. The van der Waals surface area contributed by atoms with Gasteiger partial charge in [-0.1, -0.05) is 49.9 Å². The van der Waals surface area contributed by atoms with E-state index in [2.05, 4.69) is 34.5 Å². The maximum absolute atomic E-state index is 12.9. The lowest BCUT2D eigenvalue weighted by Gasteiger charge is -2.24. The highest BCUT2D eigenvalue weighted by Gasteiger charge is 2.25. The molecule has 4 rings (SSSR count). The van der Waals surface area contributed by atoms with Crippen molar-refractivity contribution in [1.82, 2.24) is 18.9 Å². The first-order valence-electron chi connectivity index (χ1n) is 9.64. The van der Waals surface area contributed by atoms with Gasteiger partial charge >= 0.3 is 0 Å². The molecule has 0 radical (unpaired) electrons. The summed E-state index contributed by atoms with van der Waals surface area (Å²) < 4.78 is 29.0. The van der Waals surface area contributed by atoms with Crippen LogP contribution < -0.4 is 0 Å². The maximum atomic E-state index is 12.9. The van der Waals surface area contributed by atoms with Crippen molar-refractivity contribution in [3.05, 3.63) is 53.7 Å². The highest BCUT2D eigenvalue weighted by Crippen LogP contribution is 2.42. The quantitative estimate of drug-likeness (QED) is 0.609. The Labute approximate surface area is 170 Å². The van der Waals surface area contributed by atoms with Crippen LogP contribution >= 0.6 is 11.8 Å². The Morgan fingerprint density at radius 2 is 1.93 bits per heavy atom. The second-order valence-corrected chi connectivity index (χ2v) is 9.97. The summed E-state index contributed by atoms with van der Waals surface area (Å²) in [7, 11) is -3.52. The normalized spacial score (nSPS) is 17.2. The van der Waals surface area contributed by atoms with E-state index in [0.29, 0.717) is 24.0 Å². The van der Waals surface area contributed by atoms with Crippen molar-refractivity contribution in [3.8, 4) is 0 Å². The monoisotopic (exact) mass is 416 g/mol. The molecule has 0 amide bonds. The maximum Gasteiger partial charge on any atom is 0.244 e. The molecule has 0 spiro atoms. The highest BCUT2D eigenvalue weighted by atomic mass is 32.2. The van der Waals surface area contributed by atoms with E-state index < -0.39 is 10.0 Å². The Morgan fingerprint density at radius 3 is 2.71 bits per heavy atom. The summed E-state index contributed by atoms with van der Waals surface area (Å²) >= 11 is 1.66. The van der Waals surface area contributed by atoms with Gasteiger partial charge in [0.05, 0.1) is 4.90 Å². The van der Waals surface area contributed by atoms with Crippen LogP contribution in [0.15, 0.2) is 52.6 Å². The molecule has 1 atom stereocenters. The topological polar surface area (TPSA) is 67.6 Å². The summed E-state index contributed by atoms with van der Waals surface area (Å²) in [5, 5.41) is 9.61. The lowest BCUT2D eigenvalue weighted by Crippen LogP contribution is -2.30. The van der Waals surface area contributed by atoms with Crippen molar-refractivity contribution in [3.63, 3.8) is 0 Å². The van der Waals surface area contributed by atoms with Gasteiger partial charge in [0.25, 0.3) is 0 Å². The number of fused-ring (bicyclic) bond motifs is 2. The number of aromatic nitrogens is 3. The molecule has 6 nitrogen and oxygen atoms in total. The van der Waals surface area contributed by atoms with Crippen molar-refractivity contribution in [1.29, 1.82) is 0 Å². The van der Waals surface area contributed by atoms with Crippen LogP contribution in [0.4, 0.5) is 0 Å². The third-order valence-corrected chi connectivity index (χ3v) is 8.55. The number of benzene rings is 1. The second kappa shape index (κ2) is 7.85. The minimum atomic E-state index is -3.52. The van der Waals surface area contributed by atoms with E-state index in [0.717, 1.165) is 24.4 Å². The van der Waals surface area contributed by atoms with Gasteiger partial charge in [0.2, 0.25) is 10.0 Å². The molecule has 2 heterocycles. The van der Waals surface area contributed by atoms with Crippen LogP contribution in [0.3, 0.4) is 0 Å². The molecule has 1 aromatic carbocycles. The molecule has 3 aromatic rings. The van der Waals surface area contributed by atoms with Crippen molar-refractivity contribution in [2.45, 2.75) is 48.4 Å². The molecule has 0 N–H and O–H groups in total. The predicted molar refractivity (Wildman–Crippen MR) is 111 cm³/mol. The SMILES string of the molecule is CCN(CC)S(=O)(=O)c1ccc2nnc(S[C@@H]3CCCc4ccccc43)n2c1. The average molecular weight is 417 g/mol. The Morgan fingerprint density at radius 1 is 1.14 bits per heavy atom. The fourth-order valence-electron chi connectivity index (χ4n) is 3.75. The Balaban J connectivity index is 1.70. The minimum absolute atomic E-state index is 0.273. The van der Waals surface area contributed by atoms with E-state index in [9.17, 15) is 8.42 Å². The summed E-state index contributed by atoms with van der Waals surface area (Å²) in [5.41, 5.74) is 3.40. The number of hydrogen-bond donors (Lipinski definition) is 0. The number of aryl methyl sites for hydroxylation is 1. The van der Waals surface area contributed by atoms with Crippen LogP contribution in [0.1, 0.15) is 43.1 Å². The predicted octanol–water partition coefficient (Wildman–Crippen LogP) is 3.93. The molecule has 0 bridgehead atoms. The van der Waals surface area contributed by atoms with Gasteiger partial charge < -0.3 is 0 Å². The minimum Gasteiger partial charge on any atom is -0.276 e. The third kappa shape index (κ3) is 3.44. The third-order valence-electron chi connectivity index (χ3n) is 5.25. The number of sulfonamides is 1. The van der Waals surface area contributed by atoms with Gasteiger partial charge in [0.1, 0.15) is 0 Å². The first-order valence-corrected chi connectivity index (χ1v) is 12.0. The fraction of sp³-hybridized carbons (Fsp3) is 0.400. The number of rotatable bonds is 6. The van der Waals surface area contributed by atoms with Crippen molar-refractivity contribution in [2.75, 3.05) is 13.1 Å². The first-order chi connectivity index (χ1) is 13.5. The standard InChI is InChI=1S/C20H24N4O2S2/c1-3-23(4-2)28(25,26)16-12-13-19-21-22-20(24(19)14-16)27-18-11-7-9-15-8-5-6-10-17(15)18/h5-6,8,10,12-14,18H,3-4,7,9,11H2,1-2H3/t18-/m1/s1. The van der Waals surface area contributed by atoms with Crippen LogP contribution in [-0.4, -0.2) is 40.4 Å². The van der Waals surface area contributed by atoms with Gasteiger partial charge in [-0.05, 0) is 42.5 Å². The molecule has 0 saturated carbocycles. The summed E-state index contributed by atoms with van der Waals surface area (Å²) in [5.74, 6) is 0. The molecule has 1 aliphatic rings. The van der Waals surface area contributed by atoms with Crippen LogP contribution in [0.25, 0.3) is 5.65 Å². The van der Waals surface area contributed by atoms with E-state index in [1.54, 1.807) is 34.5 Å². The molecule has 2 aromatic heterocycles. The zero-order chi connectivity index (χ0) is 19.7. The lowest BCUT2D eigenvalue weighted by atomic mass is 9.91. The Bertz CT molecular complexity index is 1090. The number of nitrogens with zero attached hydrogens (tertiary/aromatic N) is 4. The number of hydrogen-bond acceptors (Lipinski definition) is 5. The van der Waals surface area contributed by atoms with Gasteiger partial charge in [0, 0.05) is 24.5 Å². The van der Waals surface area contributed by atoms with Crippen molar-refractivity contribution in [2.24, 2.45) is 0 Å². The number of thioether (sulfide) groups is 1. The zero-order valence-corrected chi connectivity index (χ0v) is 17.7. The molecular formula is C20H24N4O2S2. The van der Waals surface area contributed by atoms with Crippen LogP contribution in [0.5, 0.6) is 0 Å². The molecule has 0 unspecified atom stereocenters. The van der Waals surface area contributed by atoms with E-state index >= 15 is 0 Å². The first kappa shape index (κ1) is 19.4. The van der Waals surface area contributed by atoms with Gasteiger partial charge in [-0.3, -0.25) is 4.40 Å². The van der Waals surface area contributed by atoms with Crippen molar-refractivity contribution < 1.29 is 8.42 Å². The summed E-state index contributed by atoms with van der Waals surface area (Å²) in [6.45, 7) is 4.58. The smallest absolute Gasteiger partial charge is 0.244 e. The molecular weight excluding hydrogens is 392 g/mol. The van der Waals surface area contributed by atoms with Crippen molar-refractivity contribution >= 4 is 27.4 Å². The Kier molecular flexibility index (Phi) is 5.44. The van der Waals surface area contributed by atoms with E-state index in [1.165, 1.54) is 15.4 Å².